The lowest BCUT2D eigenvalue weighted by atomic mass is 9.92. The van der Waals surface area contributed by atoms with Crippen molar-refractivity contribution < 1.29 is 13.9 Å². The molecule has 5 rings (SSSR count). The van der Waals surface area contributed by atoms with Gasteiger partial charge in [-0.05, 0) is 79.1 Å². The molecule has 2 N–H and O–H groups in total. The number of anilines is 1. The van der Waals surface area contributed by atoms with Crippen LogP contribution in [0.3, 0.4) is 0 Å². The molecule has 1 aliphatic rings. The second-order valence-electron chi connectivity index (χ2n) is 7.99. The van der Waals surface area contributed by atoms with Crippen molar-refractivity contribution in [2.24, 2.45) is 0 Å². The zero-order chi connectivity index (χ0) is 22.9. The van der Waals surface area contributed by atoms with Crippen LogP contribution in [0.4, 0.5) is 14.9 Å². The number of aromatic amines is 1. The first-order chi connectivity index (χ1) is 16.0. The highest BCUT2D eigenvalue weighted by Crippen LogP contribution is 2.39. The highest BCUT2D eigenvalue weighted by Gasteiger charge is 2.34. The summed E-state index contributed by atoms with van der Waals surface area (Å²) in [6, 6.07) is 18.7. The van der Waals surface area contributed by atoms with Crippen LogP contribution in [0.25, 0.3) is 10.9 Å². The number of carbonyl (C=O) groups is 1. The molecule has 0 saturated carbocycles. The highest BCUT2D eigenvalue weighted by atomic mass is 35.5. The van der Waals surface area contributed by atoms with Crippen LogP contribution in [0.1, 0.15) is 29.8 Å². The van der Waals surface area contributed by atoms with Crippen LogP contribution >= 0.6 is 11.6 Å². The summed E-state index contributed by atoms with van der Waals surface area (Å²) in [7, 11) is 0. The van der Waals surface area contributed by atoms with Crippen molar-refractivity contribution in [3.05, 3.63) is 94.4 Å². The molecule has 0 aliphatic carbocycles. The summed E-state index contributed by atoms with van der Waals surface area (Å²) in [5.74, 6) is 0.433. The number of amides is 2. The smallest absolute Gasteiger partial charge is 0.322 e. The van der Waals surface area contributed by atoms with Gasteiger partial charge in [0.05, 0.1) is 12.6 Å². The third-order valence-electron chi connectivity index (χ3n) is 5.95. The van der Waals surface area contributed by atoms with Crippen molar-refractivity contribution in [3.8, 4) is 5.75 Å². The standard InChI is InChI=1S/C26H23ClFN3O2/c1-2-33-20-10-8-19(9-11-20)29-26(32)31-14-13-21-22-15-17(27)5-12-23(22)30-24(21)25(31)16-3-6-18(28)7-4-16/h3-12,15,25,30H,2,13-14H2,1H3,(H,29,32)/t25-/m1/s1. The predicted molar refractivity (Wildman–Crippen MR) is 129 cm³/mol. The maximum atomic E-state index is 13.7. The van der Waals surface area contributed by atoms with Gasteiger partial charge in [-0.3, -0.25) is 0 Å². The van der Waals surface area contributed by atoms with Crippen LogP contribution in [-0.4, -0.2) is 29.1 Å². The van der Waals surface area contributed by atoms with Crippen molar-refractivity contribution in [2.75, 3.05) is 18.5 Å². The predicted octanol–water partition coefficient (Wildman–Crippen LogP) is 6.54. The van der Waals surface area contributed by atoms with Gasteiger partial charge in [0, 0.05) is 33.9 Å². The molecule has 3 aromatic carbocycles. The maximum absolute atomic E-state index is 13.7. The minimum absolute atomic E-state index is 0.226. The average Bonchev–Trinajstić information content (AvgIpc) is 3.18. The van der Waals surface area contributed by atoms with Crippen molar-refractivity contribution in [1.82, 2.24) is 9.88 Å². The Hall–Kier alpha value is -3.51. The zero-order valence-electron chi connectivity index (χ0n) is 18.1. The summed E-state index contributed by atoms with van der Waals surface area (Å²) in [4.78, 5) is 18.6. The minimum Gasteiger partial charge on any atom is -0.494 e. The molecule has 2 heterocycles. The number of rotatable bonds is 4. The number of fused-ring (bicyclic) bond motifs is 3. The molecule has 0 bridgehead atoms. The SMILES string of the molecule is CCOc1ccc(NC(=O)N2CCc3c([nH]c4ccc(Cl)cc34)[C@H]2c2ccc(F)cc2)cc1. The van der Waals surface area contributed by atoms with E-state index in [9.17, 15) is 9.18 Å². The summed E-state index contributed by atoms with van der Waals surface area (Å²) in [6.45, 7) is 3.02. The van der Waals surface area contributed by atoms with E-state index in [4.69, 9.17) is 16.3 Å². The van der Waals surface area contributed by atoms with Gasteiger partial charge >= 0.3 is 6.03 Å². The molecule has 168 valence electrons. The summed E-state index contributed by atoms with van der Waals surface area (Å²) < 4.78 is 19.1. The Bertz CT molecular complexity index is 1300. The van der Waals surface area contributed by atoms with Gasteiger partial charge in [-0.15, -0.1) is 0 Å². The Morgan fingerprint density at radius 1 is 1.15 bits per heavy atom. The van der Waals surface area contributed by atoms with E-state index < -0.39 is 0 Å². The topological polar surface area (TPSA) is 57.4 Å². The van der Waals surface area contributed by atoms with Gasteiger partial charge in [0.25, 0.3) is 0 Å². The van der Waals surface area contributed by atoms with Crippen molar-refractivity contribution in [1.29, 1.82) is 0 Å². The van der Waals surface area contributed by atoms with E-state index in [1.54, 1.807) is 17.0 Å². The van der Waals surface area contributed by atoms with Crippen molar-refractivity contribution >= 4 is 34.2 Å². The molecular formula is C26H23ClFN3O2. The molecule has 0 fully saturated rings. The van der Waals surface area contributed by atoms with Gasteiger partial charge in [-0.1, -0.05) is 23.7 Å². The van der Waals surface area contributed by atoms with E-state index in [0.717, 1.165) is 33.5 Å². The van der Waals surface area contributed by atoms with Gasteiger partial charge in [-0.2, -0.15) is 0 Å². The molecule has 0 spiro atoms. The second-order valence-corrected chi connectivity index (χ2v) is 8.43. The van der Waals surface area contributed by atoms with Gasteiger partial charge in [0.1, 0.15) is 11.6 Å². The molecule has 1 aromatic heterocycles. The molecular weight excluding hydrogens is 441 g/mol. The van der Waals surface area contributed by atoms with Crippen molar-refractivity contribution in [3.63, 3.8) is 0 Å². The van der Waals surface area contributed by atoms with Crippen LogP contribution in [0.5, 0.6) is 5.75 Å². The molecule has 0 saturated heterocycles. The fourth-order valence-electron chi connectivity index (χ4n) is 4.47. The number of hydrogen-bond acceptors (Lipinski definition) is 2. The maximum Gasteiger partial charge on any atom is 0.322 e. The molecule has 33 heavy (non-hydrogen) atoms. The normalized spacial score (nSPS) is 15.4. The average molecular weight is 464 g/mol. The van der Waals surface area contributed by atoms with E-state index in [1.165, 1.54) is 12.1 Å². The number of nitrogens with one attached hydrogen (secondary N) is 2. The molecule has 7 heteroatoms. The highest BCUT2D eigenvalue weighted by molar-refractivity contribution is 6.31. The van der Waals surface area contributed by atoms with E-state index >= 15 is 0 Å². The number of ether oxygens (including phenoxy) is 1. The molecule has 1 aliphatic heterocycles. The van der Waals surface area contributed by atoms with E-state index in [0.29, 0.717) is 30.3 Å². The summed E-state index contributed by atoms with van der Waals surface area (Å²) >= 11 is 6.25. The largest absolute Gasteiger partial charge is 0.494 e. The van der Waals surface area contributed by atoms with Gasteiger partial charge in [-0.25, -0.2) is 9.18 Å². The van der Waals surface area contributed by atoms with E-state index in [2.05, 4.69) is 10.3 Å². The van der Waals surface area contributed by atoms with Crippen LogP contribution in [-0.2, 0) is 6.42 Å². The number of aromatic nitrogens is 1. The molecule has 0 radical (unpaired) electrons. The number of urea groups is 1. The molecule has 5 nitrogen and oxygen atoms in total. The summed E-state index contributed by atoms with van der Waals surface area (Å²) in [5.41, 5.74) is 4.52. The number of nitrogens with zero attached hydrogens (tertiary/aromatic N) is 1. The quantitative estimate of drug-likeness (QED) is 0.361. The summed E-state index contributed by atoms with van der Waals surface area (Å²) in [5, 5.41) is 4.71. The first kappa shape index (κ1) is 21.3. The van der Waals surface area contributed by atoms with E-state index in [-0.39, 0.29) is 17.9 Å². The third-order valence-corrected chi connectivity index (χ3v) is 6.19. The van der Waals surface area contributed by atoms with Gasteiger partial charge in [0.2, 0.25) is 0 Å². The van der Waals surface area contributed by atoms with Gasteiger partial charge < -0.3 is 19.9 Å². The number of benzene rings is 3. The Balaban J connectivity index is 1.51. The third kappa shape index (κ3) is 4.14. The molecule has 0 unspecified atom stereocenters. The Labute approximate surface area is 196 Å². The molecule has 1 atom stereocenters. The monoisotopic (exact) mass is 463 g/mol. The fourth-order valence-corrected chi connectivity index (χ4v) is 4.64. The Morgan fingerprint density at radius 2 is 1.91 bits per heavy atom. The first-order valence-corrected chi connectivity index (χ1v) is 11.3. The molecule has 2 amide bonds. The lowest BCUT2D eigenvalue weighted by molar-refractivity contribution is 0.193. The Morgan fingerprint density at radius 3 is 2.64 bits per heavy atom. The number of hydrogen-bond donors (Lipinski definition) is 2. The number of halogens is 2. The lowest BCUT2D eigenvalue weighted by Crippen LogP contribution is -2.43. The zero-order valence-corrected chi connectivity index (χ0v) is 18.8. The number of carbonyl (C=O) groups excluding carboxylic acids is 1. The van der Waals surface area contributed by atoms with Gasteiger partial charge in [0.15, 0.2) is 0 Å². The molecule has 4 aromatic rings. The van der Waals surface area contributed by atoms with Crippen LogP contribution in [0.2, 0.25) is 5.02 Å². The number of H-pyrrole nitrogens is 1. The van der Waals surface area contributed by atoms with Crippen LogP contribution in [0.15, 0.2) is 66.7 Å². The van der Waals surface area contributed by atoms with Crippen LogP contribution in [0, 0.1) is 5.82 Å². The van der Waals surface area contributed by atoms with E-state index in [1.807, 2.05) is 49.4 Å². The second kappa shape index (κ2) is 8.79. The Kier molecular flexibility index (Phi) is 5.68. The first-order valence-electron chi connectivity index (χ1n) is 10.9. The van der Waals surface area contributed by atoms with Crippen LogP contribution < -0.4 is 10.1 Å². The fraction of sp³-hybridized carbons (Fsp3) is 0.192. The summed E-state index contributed by atoms with van der Waals surface area (Å²) in [6.07, 6.45) is 0.685. The minimum atomic E-state index is -0.386. The van der Waals surface area contributed by atoms with Crippen molar-refractivity contribution in [2.45, 2.75) is 19.4 Å². The lowest BCUT2D eigenvalue weighted by Gasteiger charge is -2.36.